The molecule has 308 valence electrons. The van der Waals surface area contributed by atoms with Gasteiger partial charge in [0.2, 0.25) is 6.79 Å². The highest BCUT2D eigenvalue weighted by Gasteiger charge is 2.30. The lowest BCUT2D eigenvalue weighted by atomic mass is 9.88. The molecule has 9 rings (SSSR count). The third kappa shape index (κ3) is 8.80. The van der Waals surface area contributed by atoms with Crippen molar-refractivity contribution in [2.75, 3.05) is 32.9 Å². The number of benzene rings is 8. The molecule has 0 unspecified atom stereocenters. The second kappa shape index (κ2) is 17.5. The summed E-state index contributed by atoms with van der Waals surface area (Å²) < 4.78 is 58.7. The van der Waals surface area contributed by atoms with E-state index in [1.165, 1.54) is 12.1 Å². The van der Waals surface area contributed by atoms with Gasteiger partial charge in [0.25, 0.3) is 0 Å². The number of rotatable bonds is 2. The standard InChI is InChI=1S/C57H36F3NO3/c1-61(2)49-27-17-39(18-28-49)10-12-43-22-32-52-47(34-43)35-44(23-13-40-15-25-48(26-16-40)57(58,59)60)55-53(52)54-51-31-21-42(11-9-38-7-5-4-6-8-38)33-46(51)36-45(56(54)64-37-63-55)24-14-41-19-29-50(62-3)30-20-41/h4-8,15-22,25-36H,37H2,1-3H3. The second-order valence-electron chi connectivity index (χ2n) is 15.1. The summed E-state index contributed by atoms with van der Waals surface area (Å²) in [6.45, 7) is -0.153. The molecule has 64 heavy (non-hydrogen) atoms. The zero-order valence-electron chi connectivity index (χ0n) is 34.9. The zero-order valence-corrected chi connectivity index (χ0v) is 34.9. The number of alkyl halides is 3. The van der Waals surface area contributed by atoms with Crippen LogP contribution in [0.5, 0.6) is 17.2 Å². The van der Waals surface area contributed by atoms with Gasteiger partial charge in [-0.15, -0.1) is 0 Å². The lowest BCUT2D eigenvalue weighted by Gasteiger charge is -2.17. The Balaban J connectivity index is 1.27. The molecule has 1 aliphatic rings. The van der Waals surface area contributed by atoms with E-state index in [-0.39, 0.29) is 6.79 Å². The average Bonchev–Trinajstić information content (AvgIpc) is 3.52. The van der Waals surface area contributed by atoms with E-state index in [1.54, 1.807) is 7.11 Å². The molecule has 0 aliphatic carbocycles. The molecule has 0 N–H and O–H groups in total. The van der Waals surface area contributed by atoms with Crippen molar-refractivity contribution >= 4 is 27.2 Å². The van der Waals surface area contributed by atoms with Gasteiger partial charge in [0.05, 0.1) is 23.8 Å². The number of methoxy groups -OCH3 is 1. The maximum Gasteiger partial charge on any atom is 0.416 e. The number of ether oxygens (including phenoxy) is 3. The van der Waals surface area contributed by atoms with Crippen LogP contribution in [0.25, 0.3) is 32.7 Å². The number of hydrogen-bond donors (Lipinski definition) is 0. The Hall–Kier alpha value is -8.49. The Morgan fingerprint density at radius 2 is 0.906 bits per heavy atom. The quantitative estimate of drug-likeness (QED) is 0.162. The van der Waals surface area contributed by atoms with E-state index >= 15 is 0 Å². The Bertz CT molecular complexity index is 3350. The summed E-state index contributed by atoms with van der Waals surface area (Å²) >= 11 is 0. The van der Waals surface area contributed by atoms with Gasteiger partial charge >= 0.3 is 6.18 Å². The van der Waals surface area contributed by atoms with Crippen molar-refractivity contribution in [3.05, 3.63) is 202 Å². The van der Waals surface area contributed by atoms with Crippen LogP contribution in [0.15, 0.2) is 152 Å². The number of anilines is 1. The molecule has 8 aromatic rings. The van der Waals surface area contributed by atoms with Gasteiger partial charge in [-0.1, -0.05) is 77.7 Å². The van der Waals surface area contributed by atoms with Gasteiger partial charge in [-0.05, 0) is 143 Å². The molecule has 4 nitrogen and oxygen atoms in total. The van der Waals surface area contributed by atoms with Crippen molar-refractivity contribution < 1.29 is 27.4 Å². The van der Waals surface area contributed by atoms with Crippen LogP contribution in [-0.4, -0.2) is 28.0 Å². The summed E-state index contributed by atoms with van der Waals surface area (Å²) in [5.74, 6) is 28.0. The molecule has 1 aliphatic heterocycles. The first-order valence-corrected chi connectivity index (χ1v) is 20.3. The zero-order chi connectivity index (χ0) is 44.2. The van der Waals surface area contributed by atoms with Crippen molar-refractivity contribution in [3.8, 4) is 75.7 Å². The molecular formula is C57H36F3NO3. The predicted octanol–water partition coefficient (Wildman–Crippen LogP) is 12.1. The molecule has 0 saturated heterocycles. The fraction of sp³-hybridized carbons (Fsp3) is 0.0877. The van der Waals surface area contributed by atoms with Gasteiger partial charge in [-0.2, -0.15) is 13.2 Å². The van der Waals surface area contributed by atoms with Crippen molar-refractivity contribution in [2.24, 2.45) is 0 Å². The van der Waals surface area contributed by atoms with E-state index in [1.807, 2.05) is 146 Å². The van der Waals surface area contributed by atoms with Crippen LogP contribution in [0.2, 0.25) is 0 Å². The third-order valence-corrected chi connectivity index (χ3v) is 10.7. The molecule has 7 heteroatoms. The van der Waals surface area contributed by atoms with Crippen LogP contribution >= 0.6 is 0 Å². The fourth-order valence-corrected chi connectivity index (χ4v) is 7.41. The van der Waals surface area contributed by atoms with Gasteiger partial charge in [0.1, 0.15) is 17.2 Å². The van der Waals surface area contributed by atoms with Crippen LogP contribution < -0.4 is 19.1 Å². The minimum atomic E-state index is -4.46. The van der Waals surface area contributed by atoms with E-state index < -0.39 is 11.7 Å². The van der Waals surface area contributed by atoms with Gasteiger partial charge < -0.3 is 19.1 Å². The minimum absolute atomic E-state index is 0.153. The first-order chi connectivity index (χ1) is 31.1. The Morgan fingerprint density at radius 3 is 1.38 bits per heavy atom. The summed E-state index contributed by atoms with van der Waals surface area (Å²) in [7, 11) is 5.61. The highest BCUT2D eigenvalue weighted by Crippen LogP contribution is 2.50. The molecule has 0 spiro atoms. The molecule has 0 bridgehead atoms. The first-order valence-electron chi connectivity index (χ1n) is 20.3. The number of nitrogens with zero attached hydrogens (tertiary/aromatic N) is 1. The van der Waals surface area contributed by atoms with Crippen molar-refractivity contribution in [3.63, 3.8) is 0 Å². The maximum atomic E-state index is 13.4. The van der Waals surface area contributed by atoms with Crippen LogP contribution in [0.1, 0.15) is 50.1 Å². The molecule has 0 aromatic heterocycles. The summed E-state index contributed by atoms with van der Waals surface area (Å²) in [4.78, 5) is 2.03. The van der Waals surface area contributed by atoms with Crippen LogP contribution in [0.4, 0.5) is 18.9 Å². The van der Waals surface area contributed by atoms with Gasteiger partial charge in [-0.25, -0.2) is 0 Å². The van der Waals surface area contributed by atoms with E-state index in [0.717, 1.165) is 84.1 Å². The largest absolute Gasteiger partial charge is 0.497 e. The Morgan fingerprint density at radius 1 is 0.484 bits per heavy atom. The monoisotopic (exact) mass is 839 g/mol. The summed E-state index contributed by atoms with van der Waals surface area (Å²) in [5.41, 5.74) is 7.56. The van der Waals surface area contributed by atoms with Gasteiger partial charge in [-0.3, -0.25) is 0 Å². The molecular weight excluding hydrogens is 804 g/mol. The van der Waals surface area contributed by atoms with Crippen molar-refractivity contribution in [1.29, 1.82) is 0 Å². The average molecular weight is 840 g/mol. The molecule has 1 heterocycles. The lowest BCUT2D eigenvalue weighted by Crippen LogP contribution is -2.07. The fourth-order valence-electron chi connectivity index (χ4n) is 7.41. The summed E-state index contributed by atoms with van der Waals surface area (Å²) in [5, 5.41) is 3.44. The van der Waals surface area contributed by atoms with Gasteiger partial charge in [0, 0.05) is 64.3 Å². The van der Waals surface area contributed by atoms with Crippen LogP contribution in [0, 0.1) is 47.4 Å². The molecule has 0 amide bonds. The van der Waals surface area contributed by atoms with Crippen molar-refractivity contribution in [1.82, 2.24) is 0 Å². The third-order valence-electron chi connectivity index (χ3n) is 10.7. The molecule has 0 radical (unpaired) electrons. The number of hydrogen-bond acceptors (Lipinski definition) is 4. The number of fused-ring (bicyclic) bond motifs is 7. The highest BCUT2D eigenvalue weighted by atomic mass is 19.4. The molecule has 0 fully saturated rings. The van der Waals surface area contributed by atoms with Crippen molar-refractivity contribution in [2.45, 2.75) is 6.18 Å². The molecule has 8 aromatic carbocycles. The van der Waals surface area contributed by atoms with Crippen LogP contribution in [-0.2, 0) is 6.18 Å². The lowest BCUT2D eigenvalue weighted by molar-refractivity contribution is -0.137. The summed E-state index contributed by atoms with van der Waals surface area (Å²) in [6, 6.07) is 46.2. The minimum Gasteiger partial charge on any atom is -0.497 e. The molecule has 0 saturated carbocycles. The predicted molar refractivity (Wildman–Crippen MR) is 249 cm³/mol. The highest BCUT2D eigenvalue weighted by molar-refractivity contribution is 6.12. The number of halogens is 3. The topological polar surface area (TPSA) is 30.9 Å². The van der Waals surface area contributed by atoms with E-state index in [9.17, 15) is 13.2 Å². The Kier molecular flexibility index (Phi) is 11.2. The van der Waals surface area contributed by atoms with E-state index in [0.29, 0.717) is 28.2 Å². The SMILES string of the molecule is COc1ccc(C#Cc2cc3cc(C#Cc4ccccc4)ccc3c3c2OCOc2c(C#Cc4ccc(C(F)(F)F)cc4)cc4cc(C#Cc5ccc(N(C)C)cc5)ccc4c2-3)cc1. The van der Waals surface area contributed by atoms with Crippen LogP contribution in [0.3, 0.4) is 0 Å². The maximum absolute atomic E-state index is 13.4. The summed E-state index contributed by atoms with van der Waals surface area (Å²) in [6.07, 6.45) is -4.46. The Labute approximate surface area is 369 Å². The van der Waals surface area contributed by atoms with E-state index in [2.05, 4.69) is 47.4 Å². The van der Waals surface area contributed by atoms with E-state index in [4.69, 9.17) is 14.2 Å². The second-order valence-corrected chi connectivity index (χ2v) is 15.1. The smallest absolute Gasteiger partial charge is 0.416 e. The van der Waals surface area contributed by atoms with Gasteiger partial charge in [0.15, 0.2) is 0 Å². The first kappa shape index (κ1) is 40.9. The molecule has 0 atom stereocenters. The normalized spacial score (nSPS) is 11.3.